The minimum Gasteiger partial charge on any atom is -0.478 e. The lowest BCUT2D eigenvalue weighted by Gasteiger charge is -2.12. The molecule has 2 aromatic carbocycles. The van der Waals surface area contributed by atoms with Crippen LogP contribution in [0.3, 0.4) is 0 Å². The van der Waals surface area contributed by atoms with Crippen molar-refractivity contribution in [2.45, 2.75) is 0 Å². The zero-order valence-electron chi connectivity index (χ0n) is 16.0. The van der Waals surface area contributed by atoms with E-state index in [0.717, 1.165) is 0 Å². The van der Waals surface area contributed by atoms with Crippen LogP contribution in [0.15, 0.2) is 67.0 Å². The van der Waals surface area contributed by atoms with Gasteiger partial charge in [0.1, 0.15) is 23.9 Å². The summed E-state index contributed by atoms with van der Waals surface area (Å²) >= 11 is 0. The minimum atomic E-state index is -1.11. The number of hydrogen-bond acceptors (Lipinski definition) is 7. The smallest absolute Gasteiger partial charge is 0.336 e. The lowest BCUT2D eigenvalue weighted by molar-refractivity contribution is -0.130. The maximum Gasteiger partial charge on any atom is 0.336 e. The Morgan fingerprint density at radius 2 is 1.70 bits per heavy atom. The average Bonchev–Trinajstić information content (AvgIpc) is 2.75. The highest BCUT2D eigenvalue weighted by Crippen LogP contribution is 2.31. The molecule has 0 aliphatic rings. The highest BCUT2D eigenvalue weighted by atomic mass is 16.5. The normalized spacial score (nSPS) is 10.9. The lowest BCUT2D eigenvalue weighted by Crippen LogP contribution is -2.03. The van der Waals surface area contributed by atoms with Crippen LogP contribution in [-0.4, -0.2) is 34.8 Å². The van der Waals surface area contributed by atoms with E-state index in [4.69, 9.17) is 14.2 Å². The summed E-state index contributed by atoms with van der Waals surface area (Å²) in [6.07, 6.45) is 2.71. The minimum absolute atomic E-state index is 0.0425. The molecule has 0 saturated carbocycles. The topological polar surface area (TPSA) is 115 Å². The van der Waals surface area contributed by atoms with Crippen molar-refractivity contribution >= 4 is 11.5 Å². The van der Waals surface area contributed by atoms with Crippen molar-refractivity contribution in [1.29, 1.82) is 5.26 Å². The Morgan fingerprint density at radius 1 is 1.07 bits per heavy atom. The molecule has 0 fully saturated rings. The first kappa shape index (κ1) is 20.5. The Kier molecular flexibility index (Phi) is 6.71. The van der Waals surface area contributed by atoms with E-state index in [1.165, 1.54) is 25.6 Å². The van der Waals surface area contributed by atoms with Gasteiger partial charge in [0.05, 0.1) is 23.8 Å². The molecule has 8 nitrogen and oxygen atoms in total. The van der Waals surface area contributed by atoms with Gasteiger partial charge in [-0.25, -0.2) is 14.8 Å². The summed E-state index contributed by atoms with van der Waals surface area (Å²) in [5, 5.41) is 18.7. The van der Waals surface area contributed by atoms with Gasteiger partial charge in [0.2, 0.25) is 11.8 Å². The van der Waals surface area contributed by atoms with Crippen LogP contribution < -0.4 is 9.47 Å². The molecule has 150 valence electrons. The van der Waals surface area contributed by atoms with E-state index in [9.17, 15) is 15.2 Å². The molecule has 0 bridgehead atoms. The molecular formula is C22H17N3O5. The summed E-state index contributed by atoms with van der Waals surface area (Å²) in [4.78, 5) is 19.8. The number of hydrogen-bond donors (Lipinski definition) is 1. The maximum atomic E-state index is 11.7. The second-order valence-electron chi connectivity index (χ2n) is 5.88. The first-order valence-corrected chi connectivity index (χ1v) is 8.81. The van der Waals surface area contributed by atoms with E-state index in [1.807, 2.05) is 6.07 Å². The van der Waals surface area contributed by atoms with Crippen molar-refractivity contribution < 1.29 is 24.1 Å². The van der Waals surface area contributed by atoms with Crippen molar-refractivity contribution in [3.8, 4) is 29.3 Å². The summed E-state index contributed by atoms with van der Waals surface area (Å²) < 4.78 is 16.4. The SMILES string of the molecule is COCC=C(C(=O)O)c1ccccc1Oc1cc(Oc2ccccc2C#N)ncn1. The third-order valence-electron chi connectivity index (χ3n) is 3.92. The number of para-hydroxylation sites is 2. The number of aromatic nitrogens is 2. The van der Waals surface area contributed by atoms with Crippen LogP contribution in [0.2, 0.25) is 0 Å². The van der Waals surface area contributed by atoms with Crippen molar-refractivity contribution in [3.63, 3.8) is 0 Å². The van der Waals surface area contributed by atoms with Gasteiger partial charge in [0, 0.05) is 12.7 Å². The van der Waals surface area contributed by atoms with E-state index in [-0.39, 0.29) is 23.9 Å². The fourth-order valence-electron chi connectivity index (χ4n) is 2.57. The molecule has 0 aliphatic heterocycles. The number of methoxy groups -OCH3 is 1. The van der Waals surface area contributed by atoms with Gasteiger partial charge in [-0.15, -0.1) is 0 Å². The van der Waals surface area contributed by atoms with E-state index in [1.54, 1.807) is 48.5 Å². The molecule has 8 heteroatoms. The van der Waals surface area contributed by atoms with Gasteiger partial charge in [-0.3, -0.25) is 0 Å². The van der Waals surface area contributed by atoms with Crippen LogP contribution in [0.25, 0.3) is 5.57 Å². The van der Waals surface area contributed by atoms with Gasteiger partial charge >= 0.3 is 5.97 Å². The molecule has 3 rings (SSSR count). The number of carboxylic acids is 1. The molecule has 0 amide bonds. The predicted molar refractivity (Wildman–Crippen MR) is 107 cm³/mol. The quantitative estimate of drug-likeness (QED) is 0.560. The molecular weight excluding hydrogens is 386 g/mol. The molecule has 0 radical (unpaired) electrons. The van der Waals surface area contributed by atoms with E-state index in [0.29, 0.717) is 22.6 Å². The Morgan fingerprint density at radius 3 is 2.37 bits per heavy atom. The number of carbonyl (C=O) groups is 1. The second-order valence-corrected chi connectivity index (χ2v) is 5.88. The first-order chi connectivity index (χ1) is 14.6. The third kappa shape index (κ3) is 4.98. The van der Waals surface area contributed by atoms with Crippen LogP contribution in [-0.2, 0) is 9.53 Å². The number of benzene rings is 2. The summed E-state index contributed by atoms with van der Waals surface area (Å²) in [5.41, 5.74) is 0.775. The van der Waals surface area contributed by atoms with Crippen molar-refractivity contribution in [2.24, 2.45) is 0 Å². The largest absolute Gasteiger partial charge is 0.478 e. The van der Waals surface area contributed by atoms with Crippen molar-refractivity contribution in [1.82, 2.24) is 9.97 Å². The summed E-state index contributed by atoms with van der Waals surface area (Å²) in [7, 11) is 1.48. The van der Waals surface area contributed by atoms with Gasteiger partial charge in [-0.1, -0.05) is 30.3 Å². The summed E-state index contributed by atoms with van der Waals surface area (Å²) in [6.45, 7) is 0.139. The molecule has 0 aliphatic carbocycles. The number of nitriles is 1. The van der Waals surface area contributed by atoms with Crippen LogP contribution in [0.4, 0.5) is 0 Å². The number of nitrogens with zero attached hydrogens (tertiary/aromatic N) is 3. The van der Waals surface area contributed by atoms with Crippen molar-refractivity contribution in [3.05, 3.63) is 78.1 Å². The van der Waals surface area contributed by atoms with E-state index >= 15 is 0 Å². The Bertz CT molecular complexity index is 1120. The van der Waals surface area contributed by atoms with Gasteiger partial charge in [-0.05, 0) is 24.3 Å². The maximum absolute atomic E-state index is 11.7. The Hall–Kier alpha value is -4.22. The molecule has 30 heavy (non-hydrogen) atoms. The highest BCUT2D eigenvalue weighted by Gasteiger charge is 2.16. The van der Waals surface area contributed by atoms with Gasteiger partial charge in [0.15, 0.2) is 0 Å². The molecule has 0 unspecified atom stereocenters. The Balaban J connectivity index is 1.89. The zero-order chi connectivity index (χ0) is 21.3. The monoisotopic (exact) mass is 403 g/mol. The molecule has 1 heterocycles. The van der Waals surface area contributed by atoms with Gasteiger partial charge in [-0.2, -0.15) is 5.26 Å². The molecule has 0 spiro atoms. The van der Waals surface area contributed by atoms with Crippen LogP contribution in [0, 0.1) is 11.3 Å². The lowest BCUT2D eigenvalue weighted by atomic mass is 10.0. The number of aliphatic carboxylic acids is 1. The average molecular weight is 403 g/mol. The number of rotatable bonds is 8. The molecule has 3 aromatic rings. The van der Waals surface area contributed by atoms with Gasteiger partial charge in [0.25, 0.3) is 0 Å². The molecule has 0 saturated heterocycles. The Labute approximate surface area is 172 Å². The fraction of sp³-hybridized carbons (Fsp3) is 0.0909. The number of carboxylic acid groups (broad SMARTS) is 1. The van der Waals surface area contributed by atoms with Crippen LogP contribution in [0.1, 0.15) is 11.1 Å². The van der Waals surface area contributed by atoms with Crippen LogP contribution in [0.5, 0.6) is 23.3 Å². The molecule has 1 N–H and O–H groups in total. The van der Waals surface area contributed by atoms with E-state index in [2.05, 4.69) is 9.97 Å². The predicted octanol–water partition coefficient (Wildman–Crippen LogP) is 4.05. The second kappa shape index (κ2) is 9.82. The summed E-state index contributed by atoms with van der Waals surface area (Å²) in [6, 6.07) is 16.9. The standard InChI is InChI=1S/C22H17N3O5/c1-28-11-10-17(22(26)27)16-7-3-5-9-19(16)30-21-12-20(24-14-25-21)29-18-8-4-2-6-15(18)13-23/h2-10,12,14H,11H2,1H3,(H,26,27). The molecule has 0 atom stereocenters. The first-order valence-electron chi connectivity index (χ1n) is 8.81. The number of ether oxygens (including phenoxy) is 3. The van der Waals surface area contributed by atoms with E-state index < -0.39 is 5.97 Å². The van der Waals surface area contributed by atoms with Gasteiger partial charge < -0.3 is 19.3 Å². The van der Waals surface area contributed by atoms with Crippen LogP contribution >= 0.6 is 0 Å². The summed E-state index contributed by atoms with van der Waals surface area (Å²) in [5.74, 6) is -0.139. The fourth-order valence-corrected chi connectivity index (χ4v) is 2.57. The van der Waals surface area contributed by atoms with Crippen molar-refractivity contribution in [2.75, 3.05) is 13.7 Å². The highest BCUT2D eigenvalue weighted by molar-refractivity contribution is 6.16. The third-order valence-corrected chi connectivity index (χ3v) is 3.92. The molecule has 1 aromatic heterocycles. The zero-order valence-corrected chi connectivity index (χ0v) is 16.0.